The summed E-state index contributed by atoms with van der Waals surface area (Å²) in [6, 6.07) is 8.73. The molecule has 4 nitrogen and oxygen atoms in total. The van der Waals surface area contributed by atoms with E-state index in [-0.39, 0.29) is 30.8 Å². The van der Waals surface area contributed by atoms with Gasteiger partial charge in [-0.05, 0) is 12.8 Å². The highest BCUT2D eigenvalue weighted by molar-refractivity contribution is 9.11. The minimum absolute atomic E-state index is 0.0487. The van der Waals surface area contributed by atoms with Crippen molar-refractivity contribution in [3.8, 4) is 0 Å². The van der Waals surface area contributed by atoms with Crippen LogP contribution in [0.4, 0.5) is 0 Å². The van der Waals surface area contributed by atoms with E-state index < -0.39 is 10.0 Å². The smallest absolute Gasteiger partial charge is 0.267 e. The van der Waals surface area contributed by atoms with Gasteiger partial charge in [-0.2, -0.15) is 0 Å². The summed E-state index contributed by atoms with van der Waals surface area (Å²) in [7, 11) is -3.72. The van der Waals surface area contributed by atoms with E-state index in [0.29, 0.717) is 18.4 Å². The number of nitrogens with one attached hydrogen (secondary N) is 1. The van der Waals surface area contributed by atoms with Crippen LogP contribution in [0.1, 0.15) is 23.2 Å². The molecule has 0 amide bonds. The van der Waals surface area contributed by atoms with Crippen molar-refractivity contribution in [3.63, 3.8) is 0 Å². The Kier molecular flexibility index (Phi) is 5.78. The van der Waals surface area contributed by atoms with Gasteiger partial charge in [0.1, 0.15) is 4.24 Å². The number of ketones is 1. The number of hydrogen-bond donors (Lipinski definition) is 1. The summed E-state index contributed by atoms with van der Waals surface area (Å²) in [5.74, 6) is -0.258. The number of Topliss-reactive ketones (excluding diaryl/α,β-unsaturated/α-hetero) is 1. The zero-order chi connectivity index (χ0) is 18.0. The molecule has 0 fully saturated rings. The van der Waals surface area contributed by atoms with Crippen LogP contribution in [0.2, 0.25) is 0 Å². The van der Waals surface area contributed by atoms with Crippen molar-refractivity contribution in [1.29, 1.82) is 0 Å². The number of sulfonamides is 1. The number of thioether (sulfide) groups is 1. The second-order valence-corrected chi connectivity index (χ2v) is 11.0. The van der Waals surface area contributed by atoms with E-state index in [1.165, 1.54) is 11.8 Å². The molecule has 8 heteroatoms. The van der Waals surface area contributed by atoms with Crippen molar-refractivity contribution < 1.29 is 13.2 Å². The highest BCUT2D eigenvalue weighted by atomic mass is 79.9. The molecular formula is C17H15BrClNO3S2. The predicted octanol–water partition coefficient (Wildman–Crippen LogP) is 4.31. The molecule has 0 spiro atoms. The first-order valence-corrected chi connectivity index (χ1v) is 11.3. The van der Waals surface area contributed by atoms with Gasteiger partial charge in [-0.3, -0.25) is 9.52 Å². The first-order chi connectivity index (χ1) is 11.9. The van der Waals surface area contributed by atoms with Gasteiger partial charge in [-0.15, -0.1) is 11.6 Å². The van der Waals surface area contributed by atoms with Gasteiger partial charge in [0.15, 0.2) is 5.78 Å². The lowest BCUT2D eigenvalue weighted by Crippen LogP contribution is -2.28. The third kappa shape index (κ3) is 4.39. The average Bonchev–Trinajstić information content (AvgIpc) is 3.04. The first kappa shape index (κ1) is 18.8. The summed E-state index contributed by atoms with van der Waals surface area (Å²) < 4.78 is 28.1. The predicted molar refractivity (Wildman–Crippen MR) is 106 cm³/mol. The van der Waals surface area contributed by atoms with E-state index in [1.807, 2.05) is 6.07 Å². The van der Waals surface area contributed by atoms with Crippen LogP contribution in [0.3, 0.4) is 0 Å². The highest BCUT2D eigenvalue weighted by Gasteiger charge is 2.29. The number of allylic oxidation sites excluding steroid dienone is 4. The largest absolute Gasteiger partial charge is 0.289 e. The van der Waals surface area contributed by atoms with Crippen molar-refractivity contribution in [2.45, 2.75) is 22.4 Å². The van der Waals surface area contributed by atoms with E-state index in [1.54, 1.807) is 42.5 Å². The average molecular weight is 461 g/mol. The van der Waals surface area contributed by atoms with Crippen LogP contribution < -0.4 is 4.72 Å². The number of carbonyl (C=O) groups excluding carboxylic acids is 1. The van der Waals surface area contributed by atoms with Crippen LogP contribution in [-0.4, -0.2) is 23.7 Å². The molecule has 0 saturated heterocycles. The van der Waals surface area contributed by atoms with E-state index in [9.17, 15) is 13.2 Å². The van der Waals surface area contributed by atoms with Crippen LogP contribution in [0.25, 0.3) is 0 Å². The highest BCUT2D eigenvalue weighted by Crippen LogP contribution is 2.39. The van der Waals surface area contributed by atoms with E-state index in [2.05, 4.69) is 20.7 Å². The van der Waals surface area contributed by atoms with Crippen molar-refractivity contribution in [2.75, 3.05) is 0 Å². The number of halogens is 2. The van der Waals surface area contributed by atoms with E-state index >= 15 is 0 Å². The third-order valence-electron chi connectivity index (χ3n) is 3.69. The standard InChI is InChI=1S/C17H15BrClNO3S2/c18-15-8-9-16(24-15)25(22,23)20-14-7-6-12(19)10-13(14)17(21)11-4-2-1-3-5-11/h1-5,7,9-10,12,15,20H,6,8H2. The van der Waals surface area contributed by atoms with Crippen molar-refractivity contribution >= 4 is 55.1 Å². The SMILES string of the molecule is O=C(C1=CC(Cl)CC=C1NS(=O)(=O)C1=CCC(Br)S1)c1ccccc1. The molecule has 0 aromatic heterocycles. The Morgan fingerprint density at radius 1 is 1.20 bits per heavy atom. The Bertz CT molecular complexity index is 878. The van der Waals surface area contributed by atoms with Gasteiger partial charge in [0.05, 0.1) is 15.2 Å². The van der Waals surface area contributed by atoms with Gasteiger partial charge < -0.3 is 0 Å². The summed E-state index contributed by atoms with van der Waals surface area (Å²) in [4.78, 5) is 12.8. The lowest BCUT2D eigenvalue weighted by Gasteiger charge is -2.20. The molecule has 25 heavy (non-hydrogen) atoms. The normalized spacial score (nSPS) is 23.5. The van der Waals surface area contributed by atoms with Crippen LogP contribution in [-0.2, 0) is 10.0 Å². The van der Waals surface area contributed by atoms with Gasteiger partial charge in [-0.1, -0.05) is 76.3 Å². The fourth-order valence-electron chi connectivity index (χ4n) is 2.50. The quantitative estimate of drug-likeness (QED) is 0.525. The maximum absolute atomic E-state index is 12.8. The fraction of sp³-hybridized carbons (Fsp3) is 0.235. The van der Waals surface area contributed by atoms with Crippen LogP contribution in [0, 0.1) is 0 Å². The number of rotatable bonds is 5. The summed E-state index contributed by atoms with van der Waals surface area (Å²) in [6.45, 7) is 0. The number of hydrogen-bond acceptors (Lipinski definition) is 4. The van der Waals surface area contributed by atoms with Gasteiger partial charge in [0.2, 0.25) is 0 Å². The molecule has 132 valence electrons. The summed E-state index contributed by atoms with van der Waals surface area (Å²) >= 11 is 10.8. The van der Waals surface area contributed by atoms with Crippen LogP contribution >= 0.6 is 39.3 Å². The lowest BCUT2D eigenvalue weighted by atomic mass is 9.95. The molecule has 1 aromatic carbocycles. The molecule has 2 aliphatic rings. The van der Waals surface area contributed by atoms with Gasteiger partial charge in [0.25, 0.3) is 10.0 Å². The van der Waals surface area contributed by atoms with Gasteiger partial charge in [-0.25, -0.2) is 8.42 Å². The Balaban J connectivity index is 1.87. The van der Waals surface area contributed by atoms with Gasteiger partial charge >= 0.3 is 0 Å². The molecule has 1 aliphatic carbocycles. The molecule has 0 saturated carbocycles. The molecule has 0 radical (unpaired) electrons. The Hall–Kier alpha value is -1.02. The van der Waals surface area contributed by atoms with E-state index in [4.69, 9.17) is 11.6 Å². The maximum atomic E-state index is 12.8. The number of carbonyl (C=O) groups is 1. The zero-order valence-electron chi connectivity index (χ0n) is 13.0. The Labute approximate surface area is 164 Å². The molecule has 1 aliphatic heterocycles. The molecular weight excluding hydrogens is 446 g/mol. The molecule has 1 aromatic rings. The molecule has 2 atom stereocenters. The number of alkyl halides is 2. The third-order valence-corrected chi connectivity index (χ3v) is 7.91. The van der Waals surface area contributed by atoms with Gasteiger partial charge in [0, 0.05) is 11.1 Å². The molecule has 1 N–H and O–H groups in total. The summed E-state index contributed by atoms with van der Waals surface area (Å²) in [5, 5.41) is -0.345. The van der Waals surface area contributed by atoms with E-state index in [0.717, 1.165) is 0 Å². The summed E-state index contributed by atoms with van der Waals surface area (Å²) in [6.07, 6.45) is 6.03. The molecule has 0 bridgehead atoms. The second kappa shape index (κ2) is 7.70. The first-order valence-electron chi connectivity index (χ1n) is 7.57. The zero-order valence-corrected chi connectivity index (χ0v) is 17.0. The monoisotopic (exact) mass is 459 g/mol. The Morgan fingerprint density at radius 2 is 1.92 bits per heavy atom. The van der Waals surface area contributed by atoms with Crippen LogP contribution in [0.15, 0.2) is 64.1 Å². The minimum atomic E-state index is -3.72. The van der Waals surface area contributed by atoms with Crippen LogP contribution in [0.5, 0.6) is 0 Å². The fourth-order valence-corrected chi connectivity index (χ4v) is 6.39. The molecule has 3 rings (SSSR count). The molecule has 2 unspecified atom stereocenters. The van der Waals surface area contributed by atoms with Crippen molar-refractivity contribution in [1.82, 2.24) is 4.72 Å². The minimum Gasteiger partial charge on any atom is -0.289 e. The van der Waals surface area contributed by atoms with Crippen molar-refractivity contribution in [2.24, 2.45) is 0 Å². The van der Waals surface area contributed by atoms with Crippen molar-refractivity contribution in [3.05, 3.63) is 69.6 Å². The summed E-state index contributed by atoms with van der Waals surface area (Å²) in [5.41, 5.74) is 1.05. The lowest BCUT2D eigenvalue weighted by molar-refractivity contribution is 0.103. The molecule has 1 heterocycles. The maximum Gasteiger partial charge on any atom is 0.267 e. The number of benzene rings is 1. The second-order valence-electron chi connectivity index (χ2n) is 5.54. The Morgan fingerprint density at radius 3 is 2.56 bits per heavy atom. The topological polar surface area (TPSA) is 63.2 Å².